The normalized spacial score (nSPS) is 14.7. The van der Waals surface area contributed by atoms with Gasteiger partial charge >= 0.3 is 0 Å². The minimum atomic E-state index is -0.334. The van der Waals surface area contributed by atoms with Crippen molar-refractivity contribution in [3.05, 3.63) is 11.6 Å². The summed E-state index contributed by atoms with van der Waals surface area (Å²) >= 11 is 0. The van der Waals surface area contributed by atoms with E-state index in [1.165, 1.54) is 0 Å². The van der Waals surface area contributed by atoms with Gasteiger partial charge in [-0.25, -0.2) is 0 Å². The van der Waals surface area contributed by atoms with Gasteiger partial charge in [0.05, 0.1) is 0 Å². The summed E-state index contributed by atoms with van der Waals surface area (Å²) in [6, 6.07) is 0.280. The highest BCUT2D eigenvalue weighted by Gasteiger charge is 2.08. The molecule has 0 rings (SSSR count). The number of nitrogens with two attached hydrogens (primary N) is 1. The third-order valence-corrected chi connectivity index (χ3v) is 2.27. The zero-order valence-corrected chi connectivity index (χ0v) is 9.00. The molecule has 0 aliphatic carbocycles. The highest BCUT2D eigenvalue weighted by Crippen LogP contribution is 2.03. The zero-order chi connectivity index (χ0) is 10.4. The van der Waals surface area contributed by atoms with Crippen molar-refractivity contribution in [2.45, 2.75) is 33.7 Å². The molecule has 76 valence electrons. The molecule has 0 saturated heterocycles. The minimum absolute atomic E-state index is 0.280. The molecule has 0 aromatic carbocycles. The lowest BCUT2D eigenvalue weighted by Gasteiger charge is -2.23. The van der Waals surface area contributed by atoms with Crippen LogP contribution in [0.1, 0.15) is 27.7 Å². The van der Waals surface area contributed by atoms with Crippen molar-refractivity contribution in [2.75, 3.05) is 13.1 Å². The number of rotatable bonds is 5. The summed E-state index contributed by atoms with van der Waals surface area (Å²) in [6.07, 6.45) is 1.91. The summed E-state index contributed by atoms with van der Waals surface area (Å²) in [4.78, 5) is 13.0. The number of carbonyl (C=O) groups is 1. The van der Waals surface area contributed by atoms with Crippen LogP contribution in [-0.4, -0.2) is 29.9 Å². The molecule has 1 atom stereocenters. The van der Waals surface area contributed by atoms with Gasteiger partial charge in [0.1, 0.15) is 0 Å². The van der Waals surface area contributed by atoms with Crippen molar-refractivity contribution in [3.63, 3.8) is 0 Å². The molecular formula is C10H20N2O. The highest BCUT2D eigenvalue weighted by atomic mass is 16.1. The maximum absolute atomic E-state index is 10.8. The van der Waals surface area contributed by atoms with Crippen LogP contribution < -0.4 is 5.73 Å². The summed E-state index contributed by atoms with van der Waals surface area (Å²) in [5, 5.41) is 0. The van der Waals surface area contributed by atoms with Crippen molar-refractivity contribution >= 4 is 5.91 Å². The molecule has 0 radical (unpaired) electrons. The van der Waals surface area contributed by atoms with Crippen LogP contribution in [0, 0.1) is 0 Å². The summed E-state index contributed by atoms with van der Waals surface area (Å²) < 4.78 is 0. The standard InChI is InChI=1S/C10H20N2O/c1-5-12(6-2)9(4)7-8(3)10(11)13/h7,9H,5-6H2,1-4H3,(H2,11,13). The van der Waals surface area contributed by atoms with E-state index in [9.17, 15) is 4.79 Å². The fourth-order valence-electron chi connectivity index (χ4n) is 1.35. The van der Waals surface area contributed by atoms with Crippen LogP contribution in [-0.2, 0) is 4.79 Å². The second-order valence-corrected chi connectivity index (χ2v) is 3.18. The molecule has 0 saturated carbocycles. The molecule has 3 heteroatoms. The smallest absolute Gasteiger partial charge is 0.244 e. The van der Waals surface area contributed by atoms with Crippen molar-refractivity contribution < 1.29 is 4.79 Å². The molecule has 1 unspecified atom stereocenters. The Balaban J connectivity index is 4.33. The molecule has 0 heterocycles. The number of primary amides is 1. The van der Waals surface area contributed by atoms with E-state index in [1.807, 2.05) is 6.08 Å². The number of hydrogen-bond donors (Lipinski definition) is 1. The first-order chi connectivity index (χ1) is 6.02. The van der Waals surface area contributed by atoms with Crippen LogP contribution in [0.15, 0.2) is 11.6 Å². The first-order valence-electron chi connectivity index (χ1n) is 4.75. The van der Waals surface area contributed by atoms with Gasteiger partial charge in [0.25, 0.3) is 0 Å². The Morgan fingerprint density at radius 1 is 1.46 bits per heavy atom. The SMILES string of the molecule is CCN(CC)C(C)C=C(C)C(N)=O. The van der Waals surface area contributed by atoms with E-state index < -0.39 is 0 Å². The highest BCUT2D eigenvalue weighted by molar-refractivity contribution is 5.91. The summed E-state index contributed by atoms with van der Waals surface area (Å²) in [5.41, 5.74) is 5.78. The molecule has 0 aromatic rings. The summed E-state index contributed by atoms with van der Waals surface area (Å²) in [5.74, 6) is -0.334. The van der Waals surface area contributed by atoms with Crippen LogP contribution in [0.2, 0.25) is 0 Å². The van der Waals surface area contributed by atoms with Crippen LogP contribution in [0.4, 0.5) is 0 Å². The Labute approximate surface area is 80.6 Å². The maximum Gasteiger partial charge on any atom is 0.244 e. The van der Waals surface area contributed by atoms with Crippen molar-refractivity contribution in [1.29, 1.82) is 0 Å². The average Bonchev–Trinajstić information content (AvgIpc) is 2.06. The van der Waals surface area contributed by atoms with Gasteiger partial charge in [-0.05, 0) is 26.9 Å². The van der Waals surface area contributed by atoms with E-state index >= 15 is 0 Å². The fraction of sp³-hybridized carbons (Fsp3) is 0.700. The molecule has 2 N–H and O–H groups in total. The van der Waals surface area contributed by atoms with Crippen molar-refractivity contribution in [3.8, 4) is 0 Å². The van der Waals surface area contributed by atoms with Gasteiger partial charge in [0, 0.05) is 11.6 Å². The number of likely N-dealkylation sites (N-methyl/N-ethyl adjacent to an activating group) is 1. The molecule has 0 spiro atoms. The van der Waals surface area contributed by atoms with Crippen LogP contribution in [0.5, 0.6) is 0 Å². The topological polar surface area (TPSA) is 46.3 Å². The van der Waals surface area contributed by atoms with E-state index in [2.05, 4.69) is 25.7 Å². The van der Waals surface area contributed by atoms with E-state index in [-0.39, 0.29) is 11.9 Å². The van der Waals surface area contributed by atoms with E-state index in [1.54, 1.807) is 6.92 Å². The second kappa shape index (κ2) is 5.75. The third kappa shape index (κ3) is 4.08. The second-order valence-electron chi connectivity index (χ2n) is 3.18. The first-order valence-corrected chi connectivity index (χ1v) is 4.75. The van der Waals surface area contributed by atoms with Gasteiger partial charge in [-0.2, -0.15) is 0 Å². The van der Waals surface area contributed by atoms with Gasteiger partial charge in [-0.15, -0.1) is 0 Å². The largest absolute Gasteiger partial charge is 0.366 e. The quantitative estimate of drug-likeness (QED) is 0.651. The monoisotopic (exact) mass is 184 g/mol. The number of hydrogen-bond acceptors (Lipinski definition) is 2. The lowest BCUT2D eigenvalue weighted by atomic mass is 10.1. The Bertz CT molecular complexity index is 195. The Kier molecular flexibility index (Phi) is 5.39. The predicted octanol–water partition coefficient (Wildman–Crippen LogP) is 1.15. The van der Waals surface area contributed by atoms with Crippen LogP contribution >= 0.6 is 0 Å². The van der Waals surface area contributed by atoms with E-state index in [0.29, 0.717) is 5.57 Å². The number of nitrogens with zero attached hydrogens (tertiary/aromatic N) is 1. The van der Waals surface area contributed by atoms with Gasteiger partial charge in [0.15, 0.2) is 0 Å². The third-order valence-electron chi connectivity index (χ3n) is 2.27. The molecule has 3 nitrogen and oxygen atoms in total. The summed E-state index contributed by atoms with van der Waals surface area (Å²) in [7, 11) is 0. The minimum Gasteiger partial charge on any atom is -0.366 e. The number of carbonyl (C=O) groups excluding carboxylic acids is 1. The van der Waals surface area contributed by atoms with Crippen molar-refractivity contribution in [1.82, 2.24) is 4.90 Å². The van der Waals surface area contributed by atoms with Gasteiger partial charge in [0.2, 0.25) is 5.91 Å². The van der Waals surface area contributed by atoms with Crippen molar-refractivity contribution in [2.24, 2.45) is 5.73 Å². The maximum atomic E-state index is 10.8. The molecule has 0 fully saturated rings. The van der Waals surface area contributed by atoms with Crippen LogP contribution in [0.3, 0.4) is 0 Å². The van der Waals surface area contributed by atoms with E-state index in [4.69, 9.17) is 5.73 Å². The predicted molar refractivity (Wildman–Crippen MR) is 55.3 cm³/mol. The first kappa shape index (κ1) is 12.2. The lowest BCUT2D eigenvalue weighted by molar-refractivity contribution is -0.114. The molecule has 1 amide bonds. The van der Waals surface area contributed by atoms with Gasteiger partial charge < -0.3 is 5.73 Å². The van der Waals surface area contributed by atoms with Gasteiger partial charge in [-0.1, -0.05) is 19.9 Å². The Morgan fingerprint density at radius 3 is 2.23 bits per heavy atom. The lowest BCUT2D eigenvalue weighted by Crippen LogP contribution is -2.32. The Morgan fingerprint density at radius 2 is 1.92 bits per heavy atom. The van der Waals surface area contributed by atoms with Crippen LogP contribution in [0.25, 0.3) is 0 Å². The molecular weight excluding hydrogens is 164 g/mol. The average molecular weight is 184 g/mol. The summed E-state index contributed by atoms with van der Waals surface area (Å²) in [6.45, 7) is 10.0. The Hall–Kier alpha value is -0.830. The molecule has 0 aliphatic heterocycles. The molecule has 0 aliphatic rings. The number of amides is 1. The zero-order valence-electron chi connectivity index (χ0n) is 9.00. The fourth-order valence-corrected chi connectivity index (χ4v) is 1.35. The molecule has 13 heavy (non-hydrogen) atoms. The van der Waals surface area contributed by atoms with E-state index in [0.717, 1.165) is 13.1 Å². The van der Waals surface area contributed by atoms with Gasteiger partial charge in [-0.3, -0.25) is 9.69 Å². The molecule has 0 bridgehead atoms. The molecule has 0 aromatic heterocycles.